The van der Waals surface area contributed by atoms with Crippen LogP contribution in [0.4, 0.5) is 0 Å². The van der Waals surface area contributed by atoms with Crippen LogP contribution in [0.2, 0.25) is 0 Å². The molecule has 1 rings (SSSR count). The lowest BCUT2D eigenvalue weighted by atomic mass is 10.2. The summed E-state index contributed by atoms with van der Waals surface area (Å²) in [6.45, 7) is 1.58. The van der Waals surface area contributed by atoms with Gasteiger partial charge >= 0.3 is 5.97 Å². The zero-order valence-corrected chi connectivity index (χ0v) is 9.25. The number of aliphatic hydroxyl groups is 2. The van der Waals surface area contributed by atoms with Gasteiger partial charge in [0.1, 0.15) is 0 Å². The molecule has 1 unspecified atom stereocenters. The van der Waals surface area contributed by atoms with Crippen molar-refractivity contribution in [3.8, 4) is 0 Å². The highest BCUT2D eigenvalue weighted by Gasteiger charge is 2.19. The molecule has 1 heterocycles. The van der Waals surface area contributed by atoms with Gasteiger partial charge < -0.3 is 14.9 Å². The van der Waals surface area contributed by atoms with Gasteiger partial charge in [-0.2, -0.15) is 0 Å². The number of carbonyl (C=O) groups excluding carboxylic acids is 1. The SMILES string of the molecule is CCc1c(C(=O)OC)nnn1CC(O)CO. The molecule has 7 heteroatoms. The second-order valence-corrected chi connectivity index (χ2v) is 3.25. The Morgan fingerprint density at radius 2 is 2.31 bits per heavy atom. The van der Waals surface area contributed by atoms with Crippen LogP contribution in [0.1, 0.15) is 23.1 Å². The maximum Gasteiger partial charge on any atom is 0.360 e. The Kier molecular flexibility index (Phi) is 4.39. The summed E-state index contributed by atoms with van der Waals surface area (Å²) in [4.78, 5) is 11.3. The standard InChI is InChI=1S/C9H15N3O4/c1-3-7-8(9(15)16-2)10-11-12(7)4-6(14)5-13/h6,13-14H,3-5H2,1-2H3. The monoisotopic (exact) mass is 229 g/mol. The zero-order valence-electron chi connectivity index (χ0n) is 9.25. The summed E-state index contributed by atoms with van der Waals surface area (Å²) in [5, 5.41) is 25.4. The van der Waals surface area contributed by atoms with Crippen LogP contribution >= 0.6 is 0 Å². The predicted octanol–water partition coefficient (Wildman–Crippen LogP) is -1.02. The molecule has 0 saturated heterocycles. The number of aromatic nitrogens is 3. The van der Waals surface area contributed by atoms with Gasteiger partial charge in [0.2, 0.25) is 0 Å². The smallest absolute Gasteiger partial charge is 0.360 e. The van der Waals surface area contributed by atoms with E-state index in [1.54, 1.807) is 0 Å². The first kappa shape index (κ1) is 12.6. The predicted molar refractivity (Wildman–Crippen MR) is 53.8 cm³/mol. The van der Waals surface area contributed by atoms with E-state index in [-0.39, 0.29) is 18.8 Å². The Balaban J connectivity index is 2.94. The third kappa shape index (κ3) is 2.56. The fourth-order valence-corrected chi connectivity index (χ4v) is 1.34. The van der Waals surface area contributed by atoms with Crippen LogP contribution in [0.3, 0.4) is 0 Å². The van der Waals surface area contributed by atoms with E-state index < -0.39 is 12.1 Å². The number of hydrogen-bond donors (Lipinski definition) is 2. The molecule has 1 aromatic rings. The molecule has 1 atom stereocenters. The molecular weight excluding hydrogens is 214 g/mol. The zero-order chi connectivity index (χ0) is 12.1. The lowest BCUT2D eigenvalue weighted by molar-refractivity contribution is 0.0591. The molecule has 0 spiro atoms. The second-order valence-electron chi connectivity index (χ2n) is 3.25. The van der Waals surface area contributed by atoms with E-state index in [1.807, 2.05) is 6.92 Å². The van der Waals surface area contributed by atoms with E-state index in [0.29, 0.717) is 12.1 Å². The molecule has 0 radical (unpaired) electrons. The third-order valence-electron chi connectivity index (χ3n) is 2.15. The number of rotatable bonds is 5. The van der Waals surface area contributed by atoms with Crippen molar-refractivity contribution < 1.29 is 19.7 Å². The molecule has 90 valence electrons. The molecule has 1 aromatic heterocycles. The summed E-state index contributed by atoms with van der Waals surface area (Å²) >= 11 is 0. The molecule has 2 N–H and O–H groups in total. The molecule has 0 saturated carbocycles. The van der Waals surface area contributed by atoms with Crippen molar-refractivity contribution in [2.24, 2.45) is 0 Å². The Labute approximate surface area is 92.6 Å². The van der Waals surface area contributed by atoms with Crippen LogP contribution in [0.25, 0.3) is 0 Å². The van der Waals surface area contributed by atoms with Crippen molar-refractivity contribution in [1.29, 1.82) is 0 Å². The first-order valence-electron chi connectivity index (χ1n) is 4.93. The van der Waals surface area contributed by atoms with Crippen molar-refractivity contribution in [3.05, 3.63) is 11.4 Å². The van der Waals surface area contributed by atoms with E-state index in [9.17, 15) is 9.90 Å². The van der Waals surface area contributed by atoms with E-state index in [1.165, 1.54) is 11.8 Å². The van der Waals surface area contributed by atoms with Crippen molar-refractivity contribution >= 4 is 5.97 Å². The van der Waals surface area contributed by atoms with Gasteiger partial charge in [-0.05, 0) is 6.42 Å². The van der Waals surface area contributed by atoms with Crippen LogP contribution in [0.5, 0.6) is 0 Å². The van der Waals surface area contributed by atoms with Crippen LogP contribution < -0.4 is 0 Å². The number of nitrogens with zero attached hydrogens (tertiary/aromatic N) is 3. The third-order valence-corrected chi connectivity index (χ3v) is 2.15. The maximum atomic E-state index is 11.3. The van der Waals surface area contributed by atoms with E-state index in [4.69, 9.17) is 5.11 Å². The van der Waals surface area contributed by atoms with Crippen molar-refractivity contribution in [2.45, 2.75) is 26.0 Å². The van der Waals surface area contributed by atoms with Gasteiger partial charge in [-0.1, -0.05) is 12.1 Å². The van der Waals surface area contributed by atoms with E-state index in [2.05, 4.69) is 15.0 Å². The Hall–Kier alpha value is -1.47. The van der Waals surface area contributed by atoms with Gasteiger partial charge in [0.15, 0.2) is 5.69 Å². The lowest BCUT2D eigenvalue weighted by Crippen LogP contribution is -2.22. The number of hydrogen-bond acceptors (Lipinski definition) is 6. The number of esters is 1. The quantitative estimate of drug-likeness (QED) is 0.627. The van der Waals surface area contributed by atoms with Crippen molar-refractivity contribution in [1.82, 2.24) is 15.0 Å². The molecule has 16 heavy (non-hydrogen) atoms. The largest absolute Gasteiger partial charge is 0.464 e. The highest BCUT2D eigenvalue weighted by atomic mass is 16.5. The van der Waals surface area contributed by atoms with Crippen molar-refractivity contribution in [2.75, 3.05) is 13.7 Å². The fourth-order valence-electron chi connectivity index (χ4n) is 1.34. The first-order valence-corrected chi connectivity index (χ1v) is 4.93. The van der Waals surface area contributed by atoms with Crippen molar-refractivity contribution in [3.63, 3.8) is 0 Å². The van der Waals surface area contributed by atoms with Gasteiger partial charge in [-0.3, -0.25) is 0 Å². The highest BCUT2D eigenvalue weighted by molar-refractivity contribution is 5.88. The summed E-state index contributed by atoms with van der Waals surface area (Å²) in [6, 6.07) is 0. The summed E-state index contributed by atoms with van der Waals surface area (Å²) < 4.78 is 5.95. The van der Waals surface area contributed by atoms with E-state index in [0.717, 1.165) is 0 Å². The second kappa shape index (κ2) is 5.57. The average Bonchev–Trinajstić information content (AvgIpc) is 2.70. The number of methoxy groups -OCH3 is 1. The first-order chi connectivity index (χ1) is 7.63. The minimum atomic E-state index is -0.919. The lowest BCUT2D eigenvalue weighted by Gasteiger charge is -2.09. The molecule has 0 bridgehead atoms. The Morgan fingerprint density at radius 3 is 2.81 bits per heavy atom. The van der Waals surface area contributed by atoms with Crippen LogP contribution in [-0.4, -0.2) is 51.0 Å². The average molecular weight is 229 g/mol. The van der Waals surface area contributed by atoms with Crippen LogP contribution in [0, 0.1) is 0 Å². The summed E-state index contributed by atoms with van der Waals surface area (Å²) in [5.74, 6) is -0.554. The molecule has 0 fully saturated rings. The highest BCUT2D eigenvalue weighted by Crippen LogP contribution is 2.08. The van der Waals surface area contributed by atoms with Gasteiger partial charge in [0.25, 0.3) is 0 Å². The van der Waals surface area contributed by atoms with Gasteiger partial charge in [0.05, 0.1) is 32.1 Å². The minimum absolute atomic E-state index is 0.101. The molecular formula is C9H15N3O4. The molecule has 0 aromatic carbocycles. The Bertz CT molecular complexity index is 364. The minimum Gasteiger partial charge on any atom is -0.464 e. The molecule has 0 aliphatic rings. The Morgan fingerprint density at radius 1 is 1.62 bits per heavy atom. The van der Waals surface area contributed by atoms with Crippen LogP contribution in [-0.2, 0) is 17.7 Å². The van der Waals surface area contributed by atoms with Crippen LogP contribution in [0.15, 0.2) is 0 Å². The molecule has 0 aliphatic heterocycles. The summed E-state index contributed by atoms with van der Waals surface area (Å²) in [7, 11) is 1.27. The van der Waals surface area contributed by atoms with Gasteiger partial charge in [-0.15, -0.1) is 5.10 Å². The maximum absolute atomic E-state index is 11.3. The summed E-state index contributed by atoms with van der Waals surface area (Å²) in [5.41, 5.74) is 0.731. The summed E-state index contributed by atoms with van der Waals surface area (Å²) in [6.07, 6.45) is -0.382. The molecule has 7 nitrogen and oxygen atoms in total. The van der Waals surface area contributed by atoms with Gasteiger partial charge in [0, 0.05) is 0 Å². The number of aliphatic hydroxyl groups excluding tert-OH is 2. The molecule has 0 amide bonds. The van der Waals surface area contributed by atoms with E-state index >= 15 is 0 Å². The number of carbonyl (C=O) groups is 1. The fraction of sp³-hybridized carbons (Fsp3) is 0.667. The topological polar surface area (TPSA) is 97.5 Å². The normalized spacial score (nSPS) is 12.5. The molecule has 0 aliphatic carbocycles. The van der Waals surface area contributed by atoms with Gasteiger partial charge in [-0.25, -0.2) is 9.48 Å². The number of ether oxygens (including phenoxy) is 1.